The molecule has 1 unspecified atom stereocenters. The summed E-state index contributed by atoms with van der Waals surface area (Å²) in [4.78, 5) is 27.1. The minimum absolute atomic E-state index is 0.122. The van der Waals surface area contributed by atoms with Gasteiger partial charge in [0.2, 0.25) is 11.8 Å². The van der Waals surface area contributed by atoms with Crippen LogP contribution >= 0.6 is 0 Å². The number of methoxy groups -OCH3 is 1. The predicted octanol–water partition coefficient (Wildman–Crippen LogP) is 3.21. The first-order valence-electron chi connectivity index (χ1n) is 8.79. The van der Waals surface area contributed by atoms with Crippen molar-refractivity contribution in [2.75, 3.05) is 19.0 Å². The molecule has 5 nitrogen and oxygen atoms in total. The number of anilines is 1. The zero-order chi connectivity index (χ0) is 17.2. The van der Waals surface area contributed by atoms with E-state index in [9.17, 15) is 9.59 Å². The fourth-order valence-corrected chi connectivity index (χ4v) is 3.73. The Morgan fingerprint density at radius 3 is 2.71 bits per heavy atom. The maximum absolute atomic E-state index is 12.7. The molecule has 1 aliphatic heterocycles. The number of likely N-dealkylation sites (tertiary alicyclic amines) is 1. The number of hydrogen-bond acceptors (Lipinski definition) is 3. The van der Waals surface area contributed by atoms with Crippen LogP contribution in [-0.4, -0.2) is 35.9 Å². The van der Waals surface area contributed by atoms with E-state index >= 15 is 0 Å². The van der Waals surface area contributed by atoms with Crippen LogP contribution in [0.2, 0.25) is 0 Å². The molecule has 2 fully saturated rings. The first-order valence-corrected chi connectivity index (χ1v) is 8.79. The molecule has 1 atom stereocenters. The molecule has 1 aliphatic carbocycles. The molecule has 24 heavy (non-hydrogen) atoms. The Kier molecular flexibility index (Phi) is 4.78. The van der Waals surface area contributed by atoms with Gasteiger partial charge in [-0.3, -0.25) is 9.59 Å². The van der Waals surface area contributed by atoms with E-state index < -0.39 is 5.54 Å². The molecule has 2 amide bonds. The Hall–Kier alpha value is -2.04. The van der Waals surface area contributed by atoms with E-state index in [1.807, 2.05) is 25.1 Å². The van der Waals surface area contributed by atoms with E-state index in [-0.39, 0.29) is 11.8 Å². The van der Waals surface area contributed by atoms with Crippen LogP contribution in [0.3, 0.4) is 0 Å². The molecule has 1 N–H and O–H groups in total. The van der Waals surface area contributed by atoms with E-state index in [4.69, 9.17) is 4.74 Å². The molecule has 1 aromatic rings. The molecule has 1 heterocycles. The third kappa shape index (κ3) is 3.25. The molecular formula is C19H26N2O3. The third-order valence-electron chi connectivity index (χ3n) is 5.47. The lowest BCUT2D eigenvalue weighted by Crippen LogP contribution is -2.66. The zero-order valence-electron chi connectivity index (χ0n) is 14.5. The number of benzene rings is 1. The second kappa shape index (κ2) is 6.83. The lowest BCUT2D eigenvalue weighted by Gasteiger charge is -2.49. The second-order valence-electron chi connectivity index (χ2n) is 7.11. The summed E-state index contributed by atoms with van der Waals surface area (Å²) in [6, 6.07) is 7.27. The second-order valence-corrected chi connectivity index (χ2v) is 7.11. The van der Waals surface area contributed by atoms with Crippen LogP contribution in [0.4, 0.5) is 5.69 Å². The highest BCUT2D eigenvalue weighted by molar-refractivity contribution is 6.01. The van der Waals surface area contributed by atoms with Crippen molar-refractivity contribution in [2.45, 2.75) is 51.0 Å². The number of carbonyl (C=O) groups excluding carboxylic acids is 2. The number of ether oxygens (including phenoxy) is 1. The van der Waals surface area contributed by atoms with Gasteiger partial charge in [-0.1, -0.05) is 18.9 Å². The van der Waals surface area contributed by atoms with Crippen LogP contribution in [0.15, 0.2) is 24.3 Å². The average molecular weight is 330 g/mol. The average Bonchev–Trinajstić information content (AvgIpc) is 3.05. The Bertz CT molecular complexity index is 625. The molecule has 1 saturated carbocycles. The summed E-state index contributed by atoms with van der Waals surface area (Å²) >= 11 is 0. The Labute approximate surface area is 143 Å². The summed E-state index contributed by atoms with van der Waals surface area (Å²) in [5.41, 5.74) is -0.0469. The molecule has 1 aromatic carbocycles. The fourth-order valence-electron chi connectivity index (χ4n) is 3.73. The van der Waals surface area contributed by atoms with Crippen molar-refractivity contribution in [1.29, 1.82) is 0 Å². The van der Waals surface area contributed by atoms with Gasteiger partial charge < -0.3 is 15.0 Å². The Morgan fingerprint density at radius 1 is 1.33 bits per heavy atom. The van der Waals surface area contributed by atoms with Crippen molar-refractivity contribution in [1.82, 2.24) is 4.90 Å². The summed E-state index contributed by atoms with van der Waals surface area (Å²) in [6.45, 7) is 2.53. The van der Waals surface area contributed by atoms with Crippen LogP contribution in [0.1, 0.15) is 45.4 Å². The van der Waals surface area contributed by atoms with E-state index in [0.717, 1.165) is 12.8 Å². The highest BCUT2D eigenvalue weighted by Crippen LogP contribution is 2.35. The monoisotopic (exact) mass is 330 g/mol. The Morgan fingerprint density at radius 2 is 2.08 bits per heavy atom. The lowest BCUT2D eigenvalue weighted by atomic mass is 9.84. The van der Waals surface area contributed by atoms with Gasteiger partial charge in [-0.2, -0.15) is 0 Å². The maximum Gasteiger partial charge on any atom is 0.250 e. The summed E-state index contributed by atoms with van der Waals surface area (Å²) < 4.78 is 5.18. The van der Waals surface area contributed by atoms with Gasteiger partial charge in [0.25, 0.3) is 0 Å². The predicted molar refractivity (Wildman–Crippen MR) is 92.9 cm³/mol. The van der Waals surface area contributed by atoms with Gasteiger partial charge in [-0.15, -0.1) is 0 Å². The highest BCUT2D eigenvalue weighted by Gasteiger charge is 2.49. The molecule has 0 bridgehead atoms. The van der Waals surface area contributed by atoms with Gasteiger partial charge in [0.15, 0.2) is 0 Å². The summed E-state index contributed by atoms with van der Waals surface area (Å²) in [5.74, 6) is 1.20. The van der Waals surface area contributed by atoms with Gasteiger partial charge in [-0.25, -0.2) is 0 Å². The van der Waals surface area contributed by atoms with Crippen molar-refractivity contribution in [2.24, 2.45) is 5.92 Å². The van der Waals surface area contributed by atoms with Crippen LogP contribution in [0, 0.1) is 5.92 Å². The molecule has 130 valence electrons. The topological polar surface area (TPSA) is 58.6 Å². The summed E-state index contributed by atoms with van der Waals surface area (Å²) in [7, 11) is 1.59. The maximum atomic E-state index is 12.7. The molecule has 0 aromatic heterocycles. The summed E-state index contributed by atoms with van der Waals surface area (Å²) in [5, 5.41) is 2.92. The molecule has 0 radical (unpaired) electrons. The van der Waals surface area contributed by atoms with Crippen molar-refractivity contribution in [3.8, 4) is 5.75 Å². The molecule has 5 heteroatoms. The van der Waals surface area contributed by atoms with Gasteiger partial charge in [0.05, 0.1) is 7.11 Å². The minimum Gasteiger partial charge on any atom is -0.497 e. The van der Waals surface area contributed by atoms with Crippen LogP contribution in [0.25, 0.3) is 0 Å². The summed E-state index contributed by atoms with van der Waals surface area (Å²) in [6.07, 6.45) is 6.04. The van der Waals surface area contributed by atoms with Crippen molar-refractivity contribution < 1.29 is 14.3 Å². The lowest BCUT2D eigenvalue weighted by molar-refractivity contribution is -0.155. The first-order chi connectivity index (χ1) is 11.5. The van der Waals surface area contributed by atoms with E-state index in [1.165, 1.54) is 12.8 Å². The van der Waals surface area contributed by atoms with Gasteiger partial charge >= 0.3 is 0 Å². The molecule has 2 aliphatic rings. The van der Waals surface area contributed by atoms with Gasteiger partial charge in [0.1, 0.15) is 11.3 Å². The first kappa shape index (κ1) is 16.8. The van der Waals surface area contributed by atoms with E-state index in [2.05, 4.69) is 5.32 Å². The van der Waals surface area contributed by atoms with Crippen molar-refractivity contribution >= 4 is 17.5 Å². The number of nitrogens with one attached hydrogen (secondary N) is 1. The highest BCUT2D eigenvalue weighted by atomic mass is 16.5. The number of carbonyl (C=O) groups is 2. The van der Waals surface area contributed by atoms with Gasteiger partial charge in [0, 0.05) is 24.7 Å². The Balaban J connectivity index is 1.63. The van der Waals surface area contributed by atoms with Gasteiger partial charge in [-0.05, 0) is 44.2 Å². The quantitative estimate of drug-likeness (QED) is 0.902. The SMILES string of the molecule is COc1cccc(NC(=O)C2(C)CCN2C(=O)CC2CCCC2)c1. The fraction of sp³-hybridized carbons (Fsp3) is 0.579. The smallest absolute Gasteiger partial charge is 0.250 e. The van der Waals surface area contributed by atoms with Crippen LogP contribution < -0.4 is 10.1 Å². The zero-order valence-corrected chi connectivity index (χ0v) is 14.5. The number of nitrogens with zero attached hydrogens (tertiary/aromatic N) is 1. The molecular weight excluding hydrogens is 304 g/mol. The van der Waals surface area contributed by atoms with E-state index in [0.29, 0.717) is 36.7 Å². The van der Waals surface area contributed by atoms with Crippen LogP contribution in [-0.2, 0) is 9.59 Å². The number of rotatable bonds is 5. The number of amides is 2. The largest absolute Gasteiger partial charge is 0.497 e. The molecule has 3 rings (SSSR count). The number of hydrogen-bond donors (Lipinski definition) is 1. The third-order valence-corrected chi connectivity index (χ3v) is 5.47. The van der Waals surface area contributed by atoms with E-state index in [1.54, 1.807) is 18.1 Å². The molecule has 1 saturated heterocycles. The molecule has 0 spiro atoms. The van der Waals surface area contributed by atoms with Crippen molar-refractivity contribution in [3.63, 3.8) is 0 Å². The minimum atomic E-state index is -0.737. The standard InChI is InChI=1S/C19H26N2O3/c1-19(18(23)20-15-8-5-9-16(13-15)24-2)10-11-21(19)17(22)12-14-6-3-4-7-14/h5,8-9,13-14H,3-4,6-7,10-12H2,1-2H3,(H,20,23). The normalized spacial score (nSPS) is 23.7. The van der Waals surface area contributed by atoms with Crippen LogP contribution in [0.5, 0.6) is 5.75 Å². The van der Waals surface area contributed by atoms with Crippen molar-refractivity contribution in [3.05, 3.63) is 24.3 Å².